The maximum atomic E-state index is 12.1. The maximum Gasteiger partial charge on any atom is 0.314 e. The molecule has 0 saturated carbocycles. The molecular formula is C22H30N4O10S2. The van der Waals surface area contributed by atoms with Gasteiger partial charge >= 0.3 is 17.8 Å². The van der Waals surface area contributed by atoms with Crippen LogP contribution in [0.4, 0.5) is 0 Å². The Hall–Kier alpha value is -2.66. The zero-order valence-corrected chi connectivity index (χ0v) is 22.1. The maximum absolute atomic E-state index is 12.1. The van der Waals surface area contributed by atoms with E-state index in [2.05, 4.69) is 10.6 Å². The van der Waals surface area contributed by atoms with Crippen LogP contribution in [0.25, 0.3) is 0 Å². The van der Waals surface area contributed by atoms with Crippen LogP contribution in [0.3, 0.4) is 0 Å². The second-order valence-electron chi connectivity index (χ2n) is 8.88. The van der Waals surface area contributed by atoms with Crippen LogP contribution in [0.5, 0.6) is 0 Å². The van der Waals surface area contributed by atoms with Crippen LogP contribution in [0, 0.1) is 0 Å². The lowest BCUT2D eigenvalue weighted by molar-refractivity contribution is -0.181. The summed E-state index contributed by atoms with van der Waals surface area (Å²) in [5.41, 5.74) is 0. The number of carbonyl (C=O) groups is 6. The van der Waals surface area contributed by atoms with Crippen LogP contribution >= 0.6 is 21.6 Å². The van der Waals surface area contributed by atoms with Gasteiger partial charge in [-0.2, -0.15) is 0 Å². The van der Waals surface area contributed by atoms with E-state index in [1.807, 2.05) is 6.92 Å². The summed E-state index contributed by atoms with van der Waals surface area (Å²) in [6.45, 7) is 1.76. The molecule has 6 atom stereocenters. The summed E-state index contributed by atoms with van der Waals surface area (Å²) in [5.74, 6) is -3.19. The Kier molecular flexibility index (Phi) is 10.6. The molecule has 16 heteroatoms. The number of carbonyl (C=O) groups excluding carboxylic acids is 6. The number of hydrogen-bond donors (Lipinski definition) is 5. The van der Waals surface area contributed by atoms with Crippen LogP contribution in [-0.4, -0.2) is 122 Å². The lowest BCUT2D eigenvalue weighted by Gasteiger charge is -2.44. The number of nitrogens with one attached hydrogen (secondary N) is 2. The highest BCUT2D eigenvalue weighted by Crippen LogP contribution is 2.30. The van der Waals surface area contributed by atoms with Gasteiger partial charge in [0.15, 0.2) is 0 Å². The van der Waals surface area contributed by atoms with E-state index in [0.717, 1.165) is 9.80 Å². The van der Waals surface area contributed by atoms with Crippen molar-refractivity contribution in [1.82, 2.24) is 20.4 Å². The number of esters is 1. The minimum atomic E-state index is -1.64. The predicted octanol–water partition coefficient (Wildman–Crippen LogP) is -2.74. The van der Waals surface area contributed by atoms with Crippen LogP contribution in [0.15, 0.2) is 12.2 Å². The summed E-state index contributed by atoms with van der Waals surface area (Å²) in [5, 5.41) is 35.3. The smallest absolute Gasteiger partial charge is 0.314 e. The molecule has 2 saturated heterocycles. The molecule has 5 N–H and O–H groups in total. The third-order valence-electron chi connectivity index (χ3n) is 6.16. The second kappa shape index (κ2) is 13.4. The van der Waals surface area contributed by atoms with Crippen molar-refractivity contribution in [1.29, 1.82) is 0 Å². The Bertz CT molecular complexity index is 977. The van der Waals surface area contributed by atoms with Gasteiger partial charge in [-0.15, -0.1) is 0 Å². The SMILES string of the molecule is CC(CCC(=O)NCCN1C(=O)C=CC1=O)SSCCC(=O)OC[C@@H]1[C@@H](O)[C@H](O)[C@H](O)[C@H]2NC(=O)C(=O)N12. The van der Waals surface area contributed by atoms with E-state index < -0.39 is 66.7 Å². The average Bonchev–Trinajstić information content (AvgIpc) is 3.36. The number of aliphatic hydroxyl groups is 3. The van der Waals surface area contributed by atoms with E-state index in [9.17, 15) is 44.1 Å². The van der Waals surface area contributed by atoms with Crippen molar-refractivity contribution >= 4 is 57.1 Å². The zero-order chi connectivity index (χ0) is 28.0. The van der Waals surface area contributed by atoms with Crippen LogP contribution in [0.1, 0.15) is 26.2 Å². The molecule has 0 aromatic heterocycles. The first-order chi connectivity index (χ1) is 18.0. The second-order valence-corrected chi connectivity index (χ2v) is 11.8. The number of imide groups is 1. The number of aliphatic hydroxyl groups excluding tert-OH is 3. The van der Waals surface area contributed by atoms with E-state index >= 15 is 0 Å². The van der Waals surface area contributed by atoms with Crippen molar-refractivity contribution in [2.24, 2.45) is 0 Å². The quantitative estimate of drug-likeness (QED) is 0.0500. The number of nitrogens with zero attached hydrogens (tertiary/aromatic N) is 2. The fourth-order valence-electron chi connectivity index (χ4n) is 4.05. The van der Waals surface area contributed by atoms with Gasteiger partial charge in [0, 0.05) is 42.7 Å². The highest BCUT2D eigenvalue weighted by Gasteiger charge is 2.55. The summed E-state index contributed by atoms with van der Waals surface area (Å²) in [6.07, 6.45) is -2.84. The molecule has 3 aliphatic rings. The standard InChI is InChI=1S/C22H30N4O10S2/c1-11(2-3-13(27)23-7-8-25-14(28)4-5-15(25)29)38-37-9-6-16(30)36-10-12-17(31)18(32)19(33)20-24-21(34)22(35)26(12)20/h4-5,11-12,17-20,31-33H,2-3,6-10H2,1H3,(H,23,27)(H,24,34)/t11?,12-,17-,18+,19+,20+/m1/s1. The van der Waals surface area contributed by atoms with Crippen LogP contribution in [-0.2, 0) is 33.5 Å². The van der Waals surface area contributed by atoms with Gasteiger partial charge in [0.2, 0.25) is 5.91 Å². The van der Waals surface area contributed by atoms with Gasteiger partial charge in [-0.3, -0.25) is 33.7 Å². The summed E-state index contributed by atoms with van der Waals surface area (Å²) in [7, 11) is 2.90. The molecule has 0 bridgehead atoms. The van der Waals surface area contributed by atoms with Crippen LogP contribution in [0.2, 0.25) is 0 Å². The first-order valence-corrected chi connectivity index (χ1v) is 14.3. The molecule has 0 spiro atoms. The fraction of sp³-hybridized carbons (Fsp3) is 0.636. The number of hydrogen-bond acceptors (Lipinski definition) is 12. The Morgan fingerprint density at radius 2 is 1.76 bits per heavy atom. The number of ether oxygens (including phenoxy) is 1. The fourth-order valence-corrected chi connectivity index (χ4v) is 6.36. The van der Waals surface area contributed by atoms with Gasteiger partial charge < -0.3 is 35.6 Å². The minimum Gasteiger partial charge on any atom is -0.463 e. The zero-order valence-electron chi connectivity index (χ0n) is 20.5. The summed E-state index contributed by atoms with van der Waals surface area (Å²) < 4.78 is 5.15. The monoisotopic (exact) mass is 574 g/mol. The lowest BCUT2D eigenvalue weighted by atomic mass is 9.92. The molecule has 3 heterocycles. The van der Waals surface area contributed by atoms with Crippen molar-refractivity contribution < 1.29 is 48.8 Å². The molecule has 3 rings (SSSR count). The third kappa shape index (κ3) is 7.25. The Morgan fingerprint density at radius 3 is 2.45 bits per heavy atom. The molecule has 38 heavy (non-hydrogen) atoms. The van der Waals surface area contributed by atoms with Gasteiger partial charge in [-0.05, 0) is 6.42 Å². The average molecular weight is 575 g/mol. The van der Waals surface area contributed by atoms with E-state index in [4.69, 9.17) is 4.74 Å². The molecule has 3 aliphatic heterocycles. The largest absolute Gasteiger partial charge is 0.463 e. The van der Waals surface area contributed by atoms with E-state index in [1.165, 1.54) is 33.7 Å². The number of amides is 5. The number of fused-ring (bicyclic) bond motifs is 1. The van der Waals surface area contributed by atoms with Gasteiger partial charge in [-0.25, -0.2) is 0 Å². The van der Waals surface area contributed by atoms with Crippen LogP contribution < -0.4 is 10.6 Å². The Morgan fingerprint density at radius 1 is 1.08 bits per heavy atom. The number of rotatable bonds is 13. The molecule has 2 fully saturated rings. The molecule has 0 radical (unpaired) electrons. The lowest BCUT2D eigenvalue weighted by Crippen LogP contribution is -2.68. The van der Waals surface area contributed by atoms with E-state index in [-0.39, 0.29) is 37.1 Å². The first kappa shape index (κ1) is 29.9. The molecule has 1 unspecified atom stereocenters. The topological polar surface area (TPSA) is 203 Å². The molecule has 0 aromatic rings. The van der Waals surface area contributed by atoms with Gasteiger partial charge in [-0.1, -0.05) is 28.5 Å². The first-order valence-electron chi connectivity index (χ1n) is 11.9. The molecule has 0 aliphatic carbocycles. The number of piperidine rings is 1. The summed E-state index contributed by atoms with van der Waals surface area (Å²) >= 11 is 0. The van der Waals surface area contributed by atoms with Crippen molar-refractivity contribution in [3.05, 3.63) is 12.2 Å². The van der Waals surface area contributed by atoms with E-state index in [1.54, 1.807) is 0 Å². The minimum absolute atomic E-state index is 0.0240. The molecule has 14 nitrogen and oxygen atoms in total. The summed E-state index contributed by atoms with van der Waals surface area (Å²) in [6, 6.07) is -1.20. The van der Waals surface area contributed by atoms with Gasteiger partial charge in [0.1, 0.15) is 31.1 Å². The highest BCUT2D eigenvalue weighted by molar-refractivity contribution is 8.76. The molecule has 5 amide bonds. The Labute approximate surface area is 225 Å². The van der Waals surface area contributed by atoms with E-state index in [0.29, 0.717) is 12.2 Å². The summed E-state index contributed by atoms with van der Waals surface area (Å²) in [4.78, 5) is 72.8. The van der Waals surface area contributed by atoms with Crippen molar-refractivity contribution in [3.63, 3.8) is 0 Å². The van der Waals surface area contributed by atoms with Crippen molar-refractivity contribution in [2.45, 2.75) is 62.0 Å². The molecular weight excluding hydrogens is 544 g/mol. The van der Waals surface area contributed by atoms with Crippen molar-refractivity contribution in [3.8, 4) is 0 Å². The third-order valence-corrected chi connectivity index (χ3v) is 9.12. The van der Waals surface area contributed by atoms with Gasteiger partial charge in [0.05, 0.1) is 12.5 Å². The van der Waals surface area contributed by atoms with Gasteiger partial charge in [0.25, 0.3) is 11.8 Å². The normalized spacial score (nSPS) is 27.4. The molecule has 0 aromatic carbocycles. The highest BCUT2D eigenvalue weighted by atomic mass is 33.1. The predicted molar refractivity (Wildman–Crippen MR) is 134 cm³/mol. The molecule has 210 valence electrons. The van der Waals surface area contributed by atoms with Crippen molar-refractivity contribution in [2.75, 3.05) is 25.4 Å². The Balaban J connectivity index is 1.28.